The Morgan fingerprint density at radius 2 is 1.96 bits per heavy atom. The number of nitrogens with zero attached hydrogens (tertiary/aromatic N) is 1. The number of piperidine rings is 1. The summed E-state index contributed by atoms with van der Waals surface area (Å²) in [7, 11) is 0. The van der Waals surface area contributed by atoms with Crippen molar-refractivity contribution in [3.63, 3.8) is 0 Å². The molecule has 2 aliphatic rings. The Labute approximate surface area is 153 Å². The van der Waals surface area contributed by atoms with E-state index >= 15 is 0 Å². The van der Waals surface area contributed by atoms with Crippen molar-refractivity contribution >= 4 is 0 Å². The first-order valence-electron chi connectivity index (χ1n) is 9.27. The van der Waals surface area contributed by atoms with Crippen LogP contribution in [0.15, 0.2) is 36.4 Å². The van der Waals surface area contributed by atoms with Crippen LogP contribution in [0.3, 0.4) is 0 Å². The van der Waals surface area contributed by atoms with Gasteiger partial charge >= 0.3 is 0 Å². The predicted molar refractivity (Wildman–Crippen MR) is 98.8 cm³/mol. The monoisotopic (exact) mass is 356 g/mol. The van der Waals surface area contributed by atoms with Crippen molar-refractivity contribution in [2.24, 2.45) is 0 Å². The van der Waals surface area contributed by atoms with E-state index in [0.29, 0.717) is 19.4 Å². The summed E-state index contributed by atoms with van der Waals surface area (Å²) in [6, 6.07) is 11.6. The third-order valence-electron chi connectivity index (χ3n) is 5.27. The lowest BCUT2D eigenvalue weighted by Gasteiger charge is -2.33. The second kappa shape index (κ2) is 7.64. The average molecular weight is 356 g/mol. The lowest BCUT2D eigenvalue weighted by molar-refractivity contribution is 0.174. The van der Waals surface area contributed by atoms with Gasteiger partial charge in [0.15, 0.2) is 11.5 Å². The van der Waals surface area contributed by atoms with Gasteiger partial charge in [-0.15, -0.1) is 0 Å². The Morgan fingerprint density at radius 1 is 1.15 bits per heavy atom. The number of likely N-dealkylation sites (tertiary alicyclic amines) is 1. The highest BCUT2D eigenvalue weighted by molar-refractivity contribution is 5.48. The quantitative estimate of drug-likeness (QED) is 0.887. The van der Waals surface area contributed by atoms with Crippen molar-refractivity contribution in [3.05, 3.63) is 58.9 Å². The van der Waals surface area contributed by atoms with Crippen molar-refractivity contribution in [2.45, 2.75) is 38.9 Å². The molecule has 1 saturated heterocycles. The molecule has 4 rings (SSSR count). The van der Waals surface area contributed by atoms with Crippen LogP contribution in [0, 0.1) is 12.7 Å². The van der Waals surface area contributed by atoms with Crippen LogP contribution in [0.2, 0.25) is 0 Å². The van der Waals surface area contributed by atoms with Crippen molar-refractivity contribution < 1.29 is 13.9 Å². The molecule has 0 spiro atoms. The summed E-state index contributed by atoms with van der Waals surface area (Å²) in [5.74, 6) is 1.55. The number of hydrogen-bond acceptors (Lipinski definition) is 4. The summed E-state index contributed by atoms with van der Waals surface area (Å²) < 4.78 is 24.8. The van der Waals surface area contributed by atoms with Gasteiger partial charge < -0.3 is 14.8 Å². The molecular formula is C21H25FN2O2. The summed E-state index contributed by atoms with van der Waals surface area (Å²) in [5, 5.41) is 3.67. The lowest BCUT2D eigenvalue weighted by atomic mass is 10.0. The molecule has 0 aromatic heterocycles. The van der Waals surface area contributed by atoms with Crippen LogP contribution in [0.1, 0.15) is 29.5 Å². The van der Waals surface area contributed by atoms with Gasteiger partial charge in [-0.3, -0.25) is 4.90 Å². The SMILES string of the molecule is Cc1cc2c(cc1CN[C@@H]1CCCN(Cc3ccccc3F)C1)OCO2. The van der Waals surface area contributed by atoms with Gasteiger partial charge in [0.1, 0.15) is 5.82 Å². The molecule has 0 aliphatic carbocycles. The first-order chi connectivity index (χ1) is 12.7. The molecule has 0 bridgehead atoms. The van der Waals surface area contributed by atoms with E-state index in [2.05, 4.69) is 23.2 Å². The minimum Gasteiger partial charge on any atom is -0.454 e. The second-order valence-electron chi connectivity index (χ2n) is 7.18. The molecule has 0 unspecified atom stereocenters. The van der Waals surface area contributed by atoms with E-state index in [9.17, 15) is 4.39 Å². The number of fused-ring (bicyclic) bond motifs is 1. The zero-order valence-electron chi connectivity index (χ0n) is 15.1. The van der Waals surface area contributed by atoms with Gasteiger partial charge in [0.25, 0.3) is 0 Å². The molecule has 4 nitrogen and oxygen atoms in total. The highest BCUT2D eigenvalue weighted by atomic mass is 19.1. The molecule has 0 radical (unpaired) electrons. The molecule has 1 fully saturated rings. The van der Waals surface area contributed by atoms with E-state index in [0.717, 1.165) is 49.5 Å². The summed E-state index contributed by atoms with van der Waals surface area (Å²) >= 11 is 0. The van der Waals surface area contributed by atoms with Crippen LogP contribution < -0.4 is 14.8 Å². The summed E-state index contributed by atoms with van der Waals surface area (Å²) in [5.41, 5.74) is 3.22. The van der Waals surface area contributed by atoms with E-state index in [4.69, 9.17) is 9.47 Å². The number of nitrogens with one attached hydrogen (secondary N) is 1. The maximum atomic E-state index is 13.9. The Kier molecular flexibility index (Phi) is 5.09. The number of halogens is 1. The Hall–Kier alpha value is -2.11. The van der Waals surface area contributed by atoms with E-state index in [1.165, 1.54) is 17.2 Å². The molecule has 0 amide bonds. The maximum Gasteiger partial charge on any atom is 0.231 e. The molecule has 2 heterocycles. The van der Waals surface area contributed by atoms with E-state index in [1.807, 2.05) is 18.2 Å². The average Bonchev–Trinajstić information content (AvgIpc) is 3.09. The van der Waals surface area contributed by atoms with Crippen LogP contribution in [0.25, 0.3) is 0 Å². The van der Waals surface area contributed by atoms with E-state index in [-0.39, 0.29) is 5.82 Å². The van der Waals surface area contributed by atoms with Crippen LogP contribution in [-0.4, -0.2) is 30.8 Å². The Balaban J connectivity index is 1.35. The smallest absolute Gasteiger partial charge is 0.231 e. The van der Waals surface area contributed by atoms with Gasteiger partial charge in [-0.05, 0) is 55.6 Å². The number of rotatable bonds is 5. The molecule has 0 saturated carbocycles. The fraction of sp³-hybridized carbons (Fsp3) is 0.429. The molecular weight excluding hydrogens is 331 g/mol. The molecule has 2 aliphatic heterocycles. The van der Waals surface area contributed by atoms with Gasteiger partial charge in [0, 0.05) is 31.2 Å². The zero-order valence-corrected chi connectivity index (χ0v) is 15.1. The Morgan fingerprint density at radius 3 is 2.81 bits per heavy atom. The van der Waals surface area contributed by atoms with Gasteiger partial charge in [-0.25, -0.2) is 4.39 Å². The van der Waals surface area contributed by atoms with E-state index < -0.39 is 0 Å². The number of ether oxygens (including phenoxy) is 2. The van der Waals surface area contributed by atoms with Gasteiger partial charge in [0.05, 0.1) is 0 Å². The van der Waals surface area contributed by atoms with Gasteiger partial charge in [-0.2, -0.15) is 0 Å². The number of hydrogen-bond donors (Lipinski definition) is 1. The molecule has 2 aromatic carbocycles. The zero-order chi connectivity index (χ0) is 17.9. The van der Waals surface area contributed by atoms with Crippen LogP contribution in [0.5, 0.6) is 11.5 Å². The summed E-state index contributed by atoms with van der Waals surface area (Å²) in [6.07, 6.45) is 2.28. The van der Waals surface area contributed by atoms with Crippen molar-refractivity contribution in [1.29, 1.82) is 0 Å². The largest absolute Gasteiger partial charge is 0.454 e. The van der Waals surface area contributed by atoms with Crippen LogP contribution in [0.4, 0.5) is 4.39 Å². The fourth-order valence-electron chi connectivity index (χ4n) is 3.76. The normalized spacial score (nSPS) is 19.7. The topological polar surface area (TPSA) is 33.7 Å². The highest BCUT2D eigenvalue weighted by Gasteiger charge is 2.21. The highest BCUT2D eigenvalue weighted by Crippen LogP contribution is 2.34. The summed E-state index contributed by atoms with van der Waals surface area (Å²) in [6.45, 7) is 5.85. The predicted octanol–water partition coefficient (Wildman–Crippen LogP) is 3.62. The second-order valence-corrected chi connectivity index (χ2v) is 7.18. The molecule has 1 atom stereocenters. The van der Waals surface area contributed by atoms with Crippen LogP contribution in [-0.2, 0) is 13.1 Å². The van der Waals surface area contributed by atoms with E-state index in [1.54, 1.807) is 6.07 Å². The number of aryl methyl sites for hydroxylation is 1. The molecule has 26 heavy (non-hydrogen) atoms. The summed E-state index contributed by atoms with van der Waals surface area (Å²) in [4.78, 5) is 2.34. The maximum absolute atomic E-state index is 13.9. The van der Waals surface area contributed by atoms with Crippen molar-refractivity contribution in [1.82, 2.24) is 10.2 Å². The third-order valence-corrected chi connectivity index (χ3v) is 5.27. The lowest BCUT2D eigenvalue weighted by Crippen LogP contribution is -2.45. The van der Waals surface area contributed by atoms with Crippen molar-refractivity contribution in [2.75, 3.05) is 19.9 Å². The molecule has 2 aromatic rings. The minimum absolute atomic E-state index is 0.112. The fourth-order valence-corrected chi connectivity index (χ4v) is 3.76. The van der Waals surface area contributed by atoms with Crippen LogP contribution >= 0.6 is 0 Å². The standard InChI is InChI=1S/C21H25FN2O2/c1-15-9-20-21(26-14-25-20)10-17(15)11-23-18-6-4-8-24(13-18)12-16-5-2-3-7-19(16)22/h2-3,5,7,9-10,18,23H,4,6,8,11-14H2,1H3/t18-/m1/s1. The minimum atomic E-state index is -0.112. The third kappa shape index (κ3) is 3.84. The first kappa shape index (κ1) is 17.3. The first-order valence-corrected chi connectivity index (χ1v) is 9.27. The molecule has 1 N–H and O–H groups in total. The molecule has 138 valence electrons. The van der Waals surface area contributed by atoms with Gasteiger partial charge in [0.2, 0.25) is 6.79 Å². The van der Waals surface area contributed by atoms with Crippen molar-refractivity contribution in [3.8, 4) is 11.5 Å². The number of benzene rings is 2. The molecule has 5 heteroatoms. The Bertz CT molecular complexity index is 781. The van der Waals surface area contributed by atoms with Gasteiger partial charge in [-0.1, -0.05) is 18.2 Å².